The van der Waals surface area contributed by atoms with Gasteiger partial charge < -0.3 is 18.9 Å². The number of nitrogens with zero attached hydrogens (tertiary/aromatic N) is 3. The van der Waals surface area contributed by atoms with Crippen molar-refractivity contribution in [3.05, 3.63) is 29.6 Å². The molecule has 1 amide bonds. The molecule has 146 valence electrons. The van der Waals surface area contributed by atoms with E-state index in [9.17, 15) is 4.79 Å². The van der Waals surface area contributed by atoms with Gasteiger partial charge in [-0.1, -0.05) is 0 Å². The standard InChI is InChI=1S/C21H29N3O3/c1-6-23(15(2)25)17-7-8-19-18(13-17)22-20(21(3,4)26-5)24(19)14-16-9-11-27-12-10-16/h7-8,13-14H,6,9-12H2,1-5H3. The molecule has 0 bridgehead atoms. The molecule has 1 fully saturated rings. The molecule has 2 aromatic rings. The van der Waals surface area contributed by atoms with Crippen LogP contribution in [0.1, 0.15) is 46.4 Å². The maximum absolute atomic E-state index is 11.9. The van der Waals surface area contributed by atoms with Gasteiger partial charge in [-0.2, -0.15) is 0 Å². The number of anilines is 1. The molecule has 0 aliphatic carbocycles. The number of hydrogen-bond donors (Lipinski definition) is 0. The van der Waals surface area contributed by atoms with Crippen LogP contribution in [0.5, 0.6) is 0 Å². The van der Waals surface area contributed by atoms with Gasteiger partial charge in [-0.25, -0.2) is 4.98 Å². The van der Waals surface area contributed by atoms with E-state index in [1.807, 2.05) is 39.0 Å². The van der Waals surface area contributed by atoms with Crippen LogP contribution in [-0.4, -0.2) is 42.3 Å². The number of amides is 1. The van der Waals surface area contributed by atoms with Gasteiger partial charge in [0.1, 0.15) is 11.4 Å². The fraction of sp³-hybridized carbons (Fsp3) is 0.524. The lowest BCUT2D eigenvalue weighted by molar-refractivity contribution is -0.116. The number of rotatable bonds is 5. The van der Waals surface area contributed by atoms with Gasteiger partial charge in [0, 0.05) is 32.5 Å². The van der Waals surface area contributed by atoms with E-state index in [-0.39, 0.29) is 5.91 Å². The minimum Gasteiger partial charge on any atom is -0.381 e. The van der Waals surface area contributed by atoms with Gasteiger partial charge in [-0.15, -0.1) is 0 Å². The molecule has 27 heavy (non-hydrogen) atoms. The quantitative estimate of drug-likeness (QED) is 0.799. The molecule has 0 spiro atoms. The first-order valence-electron chi connectivity index (χ1n) is 9.50. The third-order valence-corrected chi connectivity index (χ3v) is 5.18. The number of methoxy groups -OCH3 is 1. The molecule has 6 heteroatoms. The summed E-state index contributed by atoms with van der Waals surface area (Å²) in [4.78, 5) is 18.5. The zero-order chi connectivity index (χ0) is 19.6. The summed E-state index contributed by atoms with van der Waals surface area (Å²) in [6.07, 6.45) is 4.04. The third kappa shape index (κ3) is 3.92. The number of carbonyl (C=O) groups excluding carboxylic acids is 1. The molecule has 0 saturated carbocycles. The van der Waals surface area contributed by atoms with Crippen molar-refractivity contribution in [1.29, 1.82) is 0 Å². The van der Waals surface area contributed by atoms with Crippen LogP contribution in [0.15, 0.2) is 23.8 Å². The van der Waals surface area contributed by atoms with Crippen molar-refractivity contribution in [3.8, 4) is 0 Å². The smallest absolute Gasteiger partial charge is 0.223 e. The highest BCUT2D eigenvalue weighted by Gasteiger charge is 2.27. The summed E-state index contributed by atoms with van der Waals surface area (Å²) in [5.41, 5.74) is 3.54. The predicted octanol–water partition coefficient (Wildman–Crippen LogP) is 3.94. The summed E-state index contributed by atoms with van der Waals surface area (Å²) in [5.74, 6) is 0.875. The van der Waals surface area contributed by atoms with Crippen molar-refractivity contribution >= 4 is 28.8 Å². The molecule has 0 unspecified atom stereocenters. The first kappa shape index (κ1) is 19.6. The summed E-state index contributed by atoms with van der Waals surface area (Å²) < 4.78 is 13.3. The molecule has 1 aromatic heterocycles. The Kier molecular flexibility index (Phi) is 5.67. The Bertz CT molecular complexity index is 859. The SMILES string of the molecule is CCN(C(C)=O)c1ccc2c(c1)nc(C(C)(C)OC)n2C=C1CCOCC1. The van der Waals surface area contributed by atoms with E-state index in [0.29, 0.717) is 6.54 Å². The fourth-order valence-corrected chi connectivity index (χ4v) is 3.43. The van der Waals surface area contributed by atoms with Crippen LogP contribution in [0.3, 0.4) is 0 Å². The van der Waals surface area contributed by atoms with Crippen LogP contribution in [0.2, 0.25) is 0 Å². The molecule has 3 rings (SSSR count). The van der Waals surface area contributed by atoms with Gasteiger partial charge in [-0.3, -0.25) is 4.79 Å². The lowest BCUT2D eigenvalue weighted by Gasteiger charge is -2.23. The molecular weight excluding hydrogens is 342 g/mol. The van der Waals surface area contributed by atoms with Crippen molar-refractivity contribution in [3.63, 3.8) is 0 Å². The first-order chi connectivity index (χ1) is 12.9. The van der Waals surface area contributed by atoms with Crippen molar-refractivity contribution in [2.24, 2.45) is 0 Å². The number of carbonyl (C=O) groups is 1. The summed E-state index contributed by atoms with van der Waals surface area (Å²) >= 11 is 0. The number of imidazole rings is 1. The van der Waals surface area contributed by atoms with Crippen LogP contribution in [-0.2, 0) is 19.9 Å². The Morgan fingerprint density at radius 2 is 2.07 bits per heavy atom. The molecule has 1 aliphatic heterocycles. The lowest BCUT2D eigenvalue weighted by Crippen LogP contribution is -2.27. The van der Waals surface area contributed by atoms with E-state index in [4.69, 9.17) is 14.5 Å². The van der Waals surface area contributed by atoms with Gasteiger partial charge in [0.05, 0.1) is 24.2 Å². The normalized spacial score (nSPS) is 15.2. The number of benzene rings is 1. The van der Waals surface area contributed by atoms with Crippen LogP contribution in [0, 0.1) is 0 Å². The molecule has 0 atom stereocenters. The minimum atomic E-state index is -0.535. The van der Waals surface area contributed by atoms with Gasteiger partial charge >= 0.3 is 0 Å². The maximum Gasteiger partial charge on any atom is 0.223 e. The Balaban J connectivity index is 2.16. The first-order valence-corrected chi connectivity index (χ1v) is 9.50. The minimum absolute atomic E-state index is 0.0260. The Hall–Kier alpha value is -2.18. The Morgan fingerprint density at radius 1 is 1.37 bits per heavy atom. The molecule has 1 saturated heterocycles. The number of aromatic nitrogens is 2. The molecule has 6 nitrogen and oxygen atoms in total. The molecule has 2 heterocycles. The van der Waals surface area contributed by atoms with Gasteiger partial charge in [0.2, 0.25) is 5.91 Å². The average molecular weight is 371 g/mol. The number of ether oxygens (including phenoxy) is 2. The summed E-state index contributed by atoms with van der Waals surface area (Å²) in [7, 11) is 1.70. The largest absolute Gasteiger partial charge is 0.381 e. The number of hydrogen-bond acceptors (Lipinski definition) is 4. The molecule has 1 aliphatic rings. The molecule has 0 N–H and O–H groups in total. The highest BCUT2D eigenvalue weighted by Crippen LogP contribution is 2.31. The maximum atomic E-state index is 11.9. The van der Waals surface area contributed by atoms with E-state index in [2.05, 4.69) is 10.8 Å². The van der Waals surface area contributed by atoms with Crippen molar-refractivity contribution in [1.82, 2.24) is 9.55 Å². The van der Waals surface area contributed by atoms with E-state index >= 15 is 0 Å². The second-order valence-corrected chi connectivity index (χ2v) is 7.36. The summed E-state index contributed by atoms with van der Waals surface area (Å²) in [6.45, 7) is 9.73. The van der Waals surface area contributed by atoms with Crippen molar-refractivity contribution in [2.75, 3.05) is 31.8 Å². The second-order valence-electron chi connectivity index (χ2n) is 7.36. The van der Waals surface area contributed by atoms with Crippen LogP contribution in [0.4, 0.5) is 5.69 Å². The Morgan fingerprint density at radius 3 is 2.67 bits per heavy atom. The topological polar surface area (TPSA) is 56.6 Å². The van der Waals surface area contributed by atoms with Crippen LogP contribution >= 0.6 is 0 Å². The summed E-state index contributed by atoms with van der Waals surface area (Å²) in [6, 6.07) is 6.00. The highest BCUT2D eigenvalue weighted by atomic mass is 16.5. The highest BCUT2D eigenvalue weighted by molar-refractivity contribution is 5.94. The molecular formula is C21H29N3O3. The van der Waals surface area contributed by atoms with Gasteiger partial charge in [0.15, 0.2) is 0 Å². The number of fused-ring (bicyclic) bond motifs is 1. The van der Waals surface area contributed by atoms with E-state index in [1.54, 1.807) is 18.9 Å². The zero-order valence-electron chi connectivity index (χ0n) is 16.9. The van der Waals surface area contributed by atoms with Crippen LogP contribution in [0.25, 0.3) is 17.2 Å². The lowest BCUT2D eigenvalue weighted by atomic mass is 10.1. The van der Waals surface area contributed by atoms with E-state index < -0.39 is 5.60 Å². The monoisotopic (exact) mass is 371 g/mol. The van der Waals surface area contributed by atoms with Gasteiger partial charge in [0.25, 0.3) is 0 Å². The fourth-order valence-electron chi connectivity index (χ4n) is 3.43. The Labute approximate surface area is 160 Å². The predicted molar refractivity (Wildman–Crippen MR) is 108 cm³/mol. The van der Waals surface area contributed by atoms with Gasteiger partial charge in [-0.05, 0) is 57.4 Å². The van der Waals surface area contributed by atoms with E-state index in [0.717, 1.165) is 48.6 Å². The summed E-state index contributed by atoms with van der Waals surface area (Å²) in [5, 5.41) is 0. The average Bonchev–Trinajstić information content (AvgIpc) is 3.01. The third-order valence-electron chi connectivity index (χ3n) is 5.18. The second kappa shape index (κ2) is 7.82. The van der Waals surface area contributed by atoms with Crippen molar-refractivity contribution in [2.45, 2.75) is 46.1 Å². The molecule has 0 radical (unpaired) electrons. The van der Waals surface area contributed by atoms with E-state index in [1.165, 1.54) is 5.57 Å². The molecule has 1 aromatic carbocycles. The zero-order valence-corrected chi connectivity index (χ0v) is 16.9. The van der Waals surface area contributed by atoms with Crippen LogP contribution < -0.4 is 4.90 Å². The van der Waals surface area contributed by atoms with Crippen molar-refractivity contribution < 1.29 is 14.3 Å².